The van der Waals surface area contributed by atoms with E-state index in [1.807, 2.05) is 0 Å². The fraction of sp³-hybridized carbons (Fsp3) is 0.0370. The van der Waals surface area contributed by atoms with Crippen LogP contribution in [0.15, 0.2) is 77.9 Å². The monoisotopic (exact) mass is 531 g/mol. The number of nitrogen functional groups attached to an aromatic ring is 1. The minimum absolute atomic E-state index is 0.00577. The molecule has 196 valence electrons. The quantitative estimate of drug-likeness (QED) is 0.277. The number of ether oxygens (including phenoxy) is 1. The lowest BCUT2D eigenvalue weighted by atomic mass is 10.2. The minimum atomic E-state index is -1.25. The zero-order chi connectivity index (χ0) is 27.9. The molecule has 5 N–H and O–H groups in total. The number of carbonyl (C=O) groups excluding carboxylic acids is 1. The van der Waals surface area contributed by atoms with Gasteiger partial charge in [0.1, 0.15) is 28.5 Å². The van der Waals surface area contributed by atoms with Crippen LogP contribution in [0.1, 0.15) is 15.9 Å². The average molecular weight is 531 g/mol. The number of nitrogens with two attached hydrogens (primary N) is 1. The molecule has 4 aromatic rings. The second-order valence-electron chi connectivity index (χ2n) is 7.80. The molecule has 0 spiro atoms. The van der Waals surface area contributed by atoms with Crippen LogP contribution in [0.4, 0.5) is 25.1 Å². The van der Waals surface area contributed by atoms with Gasteiger partial charge in [-0.1, -0.05) is 11.8 Å². The summed E-state index contributed by atoms with van der Waals surface area (Å²) in [6.07, 6.45) is 1.52. The molecular weight excluding hydrogens is 512 g/mol. The molecule has 2 amide bonds. The Balaban J connectivity index is 1.52. The molecule has 0 aliphatic carbocycles. The van der Waals surface area contributed by atoms with Crippen molar-refractivity contribution in [2.75, 3.05) is 17.6 Å². The van der Waals surface area contributed by atoms with Gasteiger partial charge < -0.3 is 26.2 Å². The van der Waals surface area contributed by atoms with Crippen LogP contribution in [0.25, 0.3) is 5.69 Å². The van der Waals surface area contributed by atoms with E-state index in [2.05, 4.69) is 27.5 Å². The molecule has 0 bridgehead atoms. The van der Waals surface area contributed by atoms with Crippen molar-refractivity contribution in [3.05, 3.63) is 106 Å². The number of nitrogens with zero attached hydrogens (tertiary/aromatic N) is 2. The van der Waals surface area contributed by atoms with E-state index in [1.165, 1.54) is 71.6 Å². The lowest BCUT2D eigenvalue weighted by molar-refractivity contribution is 0.102. The molecule has 0 saturated heterocycles. The number of hydrogen-bond donors (Lipinski definition) is 4. The highest BCUT2D eigenvalue weighted by Gasteiger charge is 2.16. The number of halogens is 2. The Bertz CT molecular complexity index is 1680. The Kier molecular flexibility index (Phi) is 7.82. The summed E-state index contributed by atoms with van der Waals surface area (Å²) in [7, 11) is 0. The van der Waals surface area contributed by atoms with Gasteiger partial charge in [0.25, 0.3) is 11.5 Å². The van der Waals surface area contributed by atoms with Crippen molar-refractivity contribution >= 4 is 23.5 Å². The van der Waals surface area contributed by atoms with Crippen LogP contribution in [-0.4, -0.2) is 33.2 Å². The third-order valence-corrected chi connectivity index (χ3v) is 5.19. The number of rotatable bonds is 6. The zero-order valence-electron chi connectivity index (χ0n) is 19.9. The number of carbonyl (C=O) groups is 2. The fourth-order valence-electron chi connectivity index (χ4n) is 3.37. The lowest BCUT2D eigenvalue weighted by Gasteiger charge is -2.12. The summed E-state index contributed by atoms with van der Waals surface area (Å²) in [5.41, 5.74) is 5.52. The summed E-state index contributed by atoms with van der Waals surface area (Å²) in [6, 6.07) is 13.0. The van der Waals surface area contributed by atoms with Crippen molar-refractivity contribution in [2.24, 2.45) is 0 Å². The highest BCUT2D eigenvalue weighted by Crippen LogP contribution is 2.30. The van der Waals surface area contributed by atoms with Crippen molar-refractivity contribution in [1.29, 1.82) is 0 Å². The molecule has 0 aliphatic heterocycles. The van der Waals surface area contributed by atoms with Gasteiger partial charge in [-0.15, -0.1) is 0 Å². The molecule has 4 rings (SSSR count). The first-order valence-corrected chi connectivity index (χ1v) is 11.2. The predicted octanol–water partition coefficient (Wildman–Crippen LogP) is 3.76. The highest BCUT2D eigenvalue weighted by molar-refractivity contribution is 6.04. The summed E-state index contributed by atoms with van der Waals surface area (Å²) in [5.74, 6) is 2.95. The molecule has 0 saturated carbocycles. The van der Waals surface area contributed by atoms with Gasteiger partial charge >= 0.3 is 6.09 Å². The van der Waals surface area contributed by atoms with E-state index in [1.54, 1.807) is 0 Å². The largest absolute Gasteiger partial charge is 0.465 e. The number of carboxylic acid groups (broad SMARTS) is 1. The zero-order valence-corrected chi connectivity index (χ0v) is 19.9. The molecule has 2 aromatic heterocycles. The van der Waals surface area contributed by atoms with Gasteiger partial charge in [0.15, 0.2) is 11.6 Å². The average Bonchev–Trinajstić information content (AvgIpc) is 2.90. The molecule has 0 radical (unpaired) electrons. The van der Waals surface area contributed by atoms with Gasteiger partial charge in [0.05, 0.1) is 6.54 Å². The summed E-state index contributed by atoms with van der Waals surface area (Å²) in [4.78, 5) is 40.1. The van der Waals surface area contributed by atoms with E-state index in [9.17, 15) is 23.2 Å². The summed E-state index contributed by atoms with van der Waals surface area (Å²) in [5, 5.41) is 13.2. The van der Waals surface area contributed by atoms with E-state index in [-0.39, 0.29) is 40.7 Å². The van der Waals surface area contributed by atoms with Crippen LogP contribution in [0, 0.1) is 23.5 Å². The van der Waals surface area contributed by atoms with Crippen LogP contribution in [0.5, 0.6) is 11.5 Å². The Morgan fingerprint density at radius 2 is 1.85 bits per heavy atom. The molecule has 10 nitrogen and oxygen atoms in total. The SMILES string of the molecule is Nc1nccc(Oc2ccc(NC(=O)c3cccn(-c4ccc(F)cc4)c3=O)cc2F)c1C#CCNC(=O)O. The van der Waals surface area contributed by atoms with Crippen LogP contribution < -0.4 is 26.7 Å². The molecule has 0 unspecified atom stereocenters. The number of pyridine rings is 2. The van der Waals surface area contributed by atoms with E-state index in [4.69, 9.17) is 15.6 Å². The van der Waals surface area contributed by atoms with Crippen LogP contribution in [-0.2, 0) is 0 Å². The third kappa shape index (κ3) is 6.36. The van der Waals surface area contributed by atoms with Crippen molar-refractivity contribution in [1.82, 2.24) is 14.9 Å². The number of hydrogen-bond acceptors (Lipinski definition) is 6. The minimum Gasteiger partial charge on any atom is -0.465 e. The van der Waals surface area contributed by atoms with Crippen molar-refractivity contribution in [2.45, 2.75) is 0 Å². The first kappa shape index (κ1) is 26.4. The van der Waals surface area contributed by atoms with E-state index < -0.39 is 29.2 Å². The van der Waals surface area contributed by atoms with Crippen LogP contribution in [0.2, 0.25) is 0 Å². The molecule has 0 aliphatic rings. The van der Waals surface area contributed by atoms with Gasteiger partial charge in [-0.25, -0.2) is 18.6 Å². The number of amides is 2. The fourth-order valence-corrected chi connectivity index (χ4v) is 3.37. The van der Waals surface area contributed by atoms with Gasteiger partial charge in [0, 0.05) is 35.9 Å². The number of aromatic nitrogens is 2. The molecule has 2 heterocycles. The molecule has 2 aromatic carbocycles. The molecule has 12 heteroatoms. The summed E-state index contributed by atoms with van der Waals surface area (Å²) < 4.78 is 34.9. The Morgan fingerprint density at radius 1 is 1.08 bits per heavy atom. The molecule has 0 atom stereocenters. The maximum absolute atomic E-state index is 14.9. The lowest BCUT2D eigenvalue weighted by Crippen LogP contribution is -2.27. The molecule has 39 heavy (non-hydrogen) atoms. The smallest absolute Gasteiger partial charge is 0.405 e. The second kappa shape index (κ2) is 11.6. The standard InChI is InChI=1S/C27H19F2N5O5/c28-16-5-8-18(9-6-16)34-14-2-4-20(26(34)36)25(35)33-17-7-10-23(21(29)15-17)39-22-11-13-31-24(30)19(22)3-1-12-32-27(37)38/h2,4-11,13-15,32H,12H2,(H2,30,31)(H,33,35)(H,37,38). The van der Waals surface area contributed by atoms with Gasteiger partial charge in [0.2, 0.25) is 0 Å². The predicted molar refractivity (Wildman–Crippen MR) is 138 cm³/mol. The van der Waals surface area contributed by atoms with E-state index >= 15 is 0 Å². The molecular formula is C27H19F2N5O5. The highest BCUT2D eigenvalue weighted by atomic mass is 19.1. The normalized spacial score (nSPS) is 10.2. The summed E-state index contributed by atoms with van der Waals surface area (Å²) in [6.45, 7) is -0.178. The molecule has 0 fully saturated rings. The van der Waals surface area contributed by atoms with Crippen molar-refractivity contribution in [3.63, 3.8) is 0 Å². The van der Waals surface area contributed by atoms with E-state index in [0.717, 1.165) is 6.07 Å². The Hall–Kier alpha value is -5.70. The van der Waals surface area contributed by atoms with Crippen molar-refractivity contribution in [3.8, 4) is 29.0 Å². The van der Waals surface area contributed by atoms with Gasteiger partial charge in [-0.2, -0.15) is 0 Å². The Morgan fingerprint density at radius 3 is 2.56 bits per heavy atom. The van der Waals surface area contributed by atoms with Gasteiger partial charge in [-0.05, 0) is 48.5 Å². The second-order valence-corrected chi connectivity index (χ2v) is 7.80. The summed E-state index contributed by atoms with van der Waals surface area (Å²) >= 11 is 0. The Labute approximate surface area is 219 Å². The van der Waals surface area contributed by atoms with Crippen LogP contribution in [0.3, 0.4) is 0 Å². The van der Waals surface area contributed by atoms with Gasteiger partial charge in [-0.3, -0.25) is 14.2 Å². The number of benzene rings is 2. The van der Waals surface area contributed by atoms with Crippen LogP contribution >= 0.6 is 0 Å². The first-order chi connectivity index (χ1) is 18.7. The first-order valence-electron chi connectivity index (χ1n) is 11.2. The van der Waals surface area contributed by atoms with E-state index in [0.29, 0.717) is 5.69 Å². The number of anilines is 2. The van der Waals surface area contributed by atoms with Crippen molar-refractivity contribution < 1.29 is 28.2 Å². The maximum atomic E-state index is 14.9. The maximum Gasteiger partial charge on any atom is 0.405 e. The topological polar surface area (TPSA) is 149 Å². The number of nitrogens with one attached hydrogen (secondary N) is 2. The third-order valence-electron chi connectivity index (χ3n) is 5.19.